The van der Waals surface area contributed by atoms with Gasteiger partial charge in [0, 0.05) is 29.5 Å². The minimum absolute atomic E-state index is 0.355. The fourth-order valence-electron chi connectivity index (χ4n) is 4.77. The van der Waals surface area contributed by atoms with Gasteiger partial charge in [0.05, 0.1) is 24.5 Å². The molecular formula is C27H34N3O3PS. The Morgan fingerprint density at radius 1 is 0.886 bits per heavy atom. The molecule has 186 valence electrons. The second-order valence-electron chi connectivity index (χ2n) is 9.06. The lowest BCUT2D eigenvalue weighted by atomic mass is 10.0. The van der Waals surface area contributed by atoms with E-state index in [1.807, 2.05) is 48.5 Å². The van der Waals surface area contributed by atoms with Gasteiger partial charge in [-0.15, -0.1) is 0 Å². The lowest BCUT2D eigenvalue weighted by Crippen LogP contribution is -2.37. The van der Waals surface area contributed by atoms with Gasteiger partial charge in [-0.25, -0.2) is 4.79 Å². The molecule has 0 bridgehead atoms. The first-order valence-electron chi connectivity index (χ1n) is 11.9. The van der Waals surface area contributed by atoms with Crippen molar-refractivity contribution in [3.05, 3.63) is 88.4 Å². The molecule has 6 nitrogen and oxygen atoms in total. The number of allylic oxidation sites excluding steroid dienone is 2. The molecule has 2 aromatic rings. The highest BCUT2D eigenvalue weighted by Gasteiger charge is 2.39. The summed E-state index contributed by atoms with van der Waals surface area (Å²) in [5, 5.41) is 1.27. The van der Waals surface area contributed by atoms with Crippen LogP contribution in [0.25, 0.3) is 5.76 Å². The third-order valence-electron chi connectivity index (χ3n) is 6.45. The molecule has 0 atom stereocenters. The minimum atomic E-state index is -2.17. The van der Waals surface area contributed by atoms with Crippen LogP contribution in [0.2, 0.25) is 0 Å². The lowest BCUT2D eigenvalue weighted by molar-refractivity contribution is 0.0544. The summed E-state index contributed by atoms with van der Waals surface area (Å²) < 4.78 is 16.3. The van der Waals surface area contributed by atoms with Crippen molar-refractivity contribution in [2.45, 2.75) is 12.8 Å². The zero-order chi connectivity index (χ0) is 25.0. The van der Waals surface area contributed by atoms with Crippen molar-refractivity contribution >= 4 is 29.9 Å². The summed E-state index contributed by atoms with van der Waals surface area (Å²) in [6, 6.07) is 19.1. The Kier molecular flexibility index (Phi) is 8.25. The number of rotatable bonds is 7. The van der Waals surface area contributed by atoms with Crippen molar-refractivity contribution in [1.82, 2.24) is 14.2 Å². The topological polar surface area (TPSA) is 45.3 Å². The van der Waals surface area contributed by atoms with Crippen LogP contribution in [0.4, 0.5) is 0 Å². The van der Waals surface area contributed by atoms with Crippen LogP contribution in [0.15, 0.2) is 77.2 Å². The van der Waals surface area contributed by atoms with Gasteiger partial charge in [0.15, 0.2) is 0 Å². The smallest absolute Gasteiger partial charge is 0.343 e. The molecule has 8 heteroatoms. The number of hydrogen-bond donors (Lipinski definition) is 0. The standard InChI is InChI=1S/C27H34N3O3PS/c1-28(2)34(35,29(3)4)24-16-15-23(25(24)30-17-19-32-20-18-30)26(21-11-7-5-8-12-21)33-27(31)22-13-9-6-10-14-22/h5-14H,15-20H2,1-4H3. The molecule has 1 saturated heterocycles. The van der Waals surface area contributed by atoms with E-state index in [1.54, 1.807) is 12.1 Å². The molecule has 1 fully saturated rings. The quantitative estimate of drug-likeness (QED) is 0.294. The van der Waals surface area contributed by atoms with Gasteiger partial charge in [0.2, 0.25) is 0 Å². The number of ether oxygens (including phenoxy) is 2. The summed E-state index contributed by atoms with van der Waals surface area (Å²) >= 11 is 6.39. The van der Waals surface area contributed by atoms with Crippen molar-refractivity contribution in [2.75, 3.05) is 54.5 Å². The largest absolute Gasteiger partial charge is 0.422 e. The molecule has 1 heterocycles. The molecule has 2 aliphatic rings. The van der Waals surface area contributed by atoms with Gasteiger partial charge in [0.1, 0.15) is 12.1 Å². The molecule has 4 rings (SSSR count). The first kappa shape index (κ1) is 25.8. The second-order valence-corrected chi connectivity index (χ2v) is 13.8. The summed E-state index contributed by atoms with van der Waals surface area (Å²) in [6.07, 6.45) is -0.558. The third kappa shape index (κ3) is 5.30. The summed E-state index contributed by atoms with van der Waals surface area (Å²) in [5.41, 5.74) is 3.61. The molecule has 0 amide bonds. The highest BCUT2D eigenvalue weighted by atomic mass is 32.4. The van der Waals surface area contributed by atoms with Crippen molar-refractivity contribution in [3.8, 4) is 0 Å². The molecule has 0 unspecified atom stereocenters. The fourth-order valence-corrected chi connectivity index (χ4v) is 7.94. The SMILES string of the molecule is CN(C)P(=S)(C1=C(N2CCOCC2)C(=C(OC(=O)c2ccccc2)c2ccccc2)CC1)N(C)C. The van der Waals surface area contributed by atoms with Gasteiger partial charge in [-0.05, 0) is 53.2 Å². The van der Waals surface area contributed by atoms with E-state index in [-0.39, 0.29) is 5.97 Å². The maximum atomic E-state index is 13.2. The number of carbonyl (C=O) groups excluding carboxylic acids is 1. The van der Waals surface area contributed by atoms with Crippen LogP contribution in [0.3, 0.4) is 0 Å². The Hall–Kier alpha value is -2.28. The van der Waals surface area contributed by atoms with Crippen molar-refractivity contribution in [2.24, 2.45) is 0 Å². The summed E-state index contributed by atoms with van der Waals surface area (Å²) in [5.74, 6) is 0.265. The first-order chi connectivity index (χ1) is 16.8. The van der Waals surface area contributed by atoms with Crippen LogP contribution >= 0.6 is 6.34 Å². The van der Waals surface area contributed by atoms with Gasteiger partial charge in [0.25, 0.3) is 0 Å². The predicted molar refractivity (Wildman–Crippen MR) is 146 cm³/mol. The number of benzene rings is 2. The van der Waals surface area contributed by atoms with Crippen LogP contribution in [0, 0.1) is 0 Å². The van der Waals surface area contributed by atoms with Gasteiger partial charge < -0.3 is 14.4 Å². The first-order valence-corrected chi connectivity index (χ1v) is 14.6. The van der Waals surface area contributed by atoms with E-state index in [0.29, 0.717) is 24.5 Å². The van der Waals surface area contributed by atoms with Crippen LogP contribution in [0.5, 0.6) is 0 Å². The molecule has 2 aromatic carbocycles. The van der Waals surface area contributed by atoms with Crippen LogP contribution < -0.4 is 0 Å². The highest BCUT2D eigenvalue weighted by Crippen LogP contribution is 2.64. The number of esters is 1. The van der Waals surface area contributed by atoms with Crippen LogP contribution in [-0.2, 0) is 21.3 Å². The summed E-state index contributed by atoms with van der Waals surface area (Å²) in [7, 11) is 8.28. The Morgan fingerprint density at radius 2 is 1.43 bits per heavy atom. The number of morpholine rings is 1. The van der Waals surface area contributed by atoms with Crippen LogP contribution in [0.1, 0.15) is 28.8 Å². The lowest BCUT2D eigenvalue weighted by Gasteiger charge is -2.39. The molecular weight excluding hydrogens is 477 g/mol. The number of carbonyl (C=O) groups is 1. The molecule has 0 aromatic heterocycles. The van der Waals surface area contributed by atoms with E-state index in [4.69, 9.17) is 21.3 Å². The monoisotopic (exact) mass is 511 g/mol. The van der Waals surface area contributed by atoms with E-state index < -0.39 is 6.34 Å². The maximum Gasteiger partial charge on any atom is 0.343 e. The zero-order valence-electron chi connectivity index (χ0n) is 20.9. The van der Waals surface area contributed by atoms with Crippen molar-refractivity contribution < 1.29 is 14.3 Å². The molecule has 0 spiro atoms. The molecule has 0 radical (unpaired) electrons. The van der Waals surface area contributed by atoms with E-state index >= 15 is 0 Å². The predicted octanol–water partition coefficient (Wildman–Crippen LogP) is 5.03. The third-order valence-corrected chi connectivity index (χ3v) is 12.4. The Balaban J connectivity index is 1.92. The fraction of sp³-hybridized carbons (Fsp3) is 0.370. The van der Waals surface area contributed by atoms with E-state index in [0.717, 1.165) is 42.8 Å². The summed E-state index contributed by atoms with van der Waals surface area (Å²) in [6.45, 7) is 2.91. The van der Waals surface area contributed by atoms with E-state index in [9.17, 15) is 4.79 Å². The summed E-state index contributed by atoms with van der Waals surface area (Å²) in [4.78, 5) is 15.6. The average molecular weight is 512 g/mol. The van der Waals surface area contributed by atoms with Gasteiger partial charge in [-0.3, -0.25) is 9.34 Å². The Labute approximate surface area is 213 Å². The molecule has 35 heavy (non-hydrogen) atoms. The normalized spacial score (nSPS) is 18.4. The molecule has 1 aliphatic carbocycles. The highest BCUT2D eigenvalue weighted by molar-refractivity contribution is 8.14. The Bertz CT molecular complexity index is 1140. The molecule has 1 aliphatic heterocycles. The van der Waals surface area contributed by atoms with Crippen molar-refractivity contribution in [3.63, 3.8) is 0 Å². The maximum absolute atomic E-state index is 13.2. The van der Waals surface area contributed by atoms with Gasteiger partial charge in [-0.1, -0.05) is 60.3 Å². The Morgan fingerprint density at radius 3 is 1.97 bits per heavy atom. The van der Waals surface area contributed by atoms with E-state index in [1.165, 1.54) is 5.31 Å². The molecule has 0 saturated carbocycles. The van der Waals surface area contributed by atoms with Crippen LogP contribution in [-0.4, -0.2) is 74.7 Å². The van der Waals surface area contributed by atoms with E-state index in [2.05, 4.69) is 42.4 Å². The van der Waals surface area contributed by atoms with Gasteiger partial charge in [-0.2, -0.15) is 0 Å². The van der Waals surface area contributed by atoms with Gasteiger partial charge >= 0.3 is 5.97 Å². The number of nitrogens with zero attached hydrogens (tertiary/aromatic N) is 3. The zero-order valence-corrected chi connectivity index (χ0v) is 22.6. The second kappa shape index (κ2) is 11.2. The average Bonchev–Trinajstić information content (AvgIpc) is 3.33. The molecule has 0 N–H and O–H groups in total. The van der Waals surface area contributed by atoms with Crippen molar-refractivity contribution in [1.29, 1.82) is 0 Å². The minimum Gasteiger partial charge on any atom is -0.422 e. The number of hydrogen-bond acceptors (Lipinski definition) is 5.